The van der Waals surface area contributed by atoms with Gasteiger partial charge in [0.25, 0.3) is 5.91 Å². The molecule has 1 rings (SSSR count). The molecule has 1 amide bonds. The minimum absolute atomic E-state index is 0.00772. The van der Waals surface area contributed by atoms with Crippen LogP contribution in [0.1, 0.15) is 48.1 Å². The number of nitrogens with one attached hydrogen (secondary N) is 2. The number of thiazole rings is 1. The van der Waals surface area contributed by atoms with Gasteiger partial charge >= 0.3 is 0 Å². The molecule has 2 N–H and O–H groups in total. The van der Waals surface area contributed by atoms with Crippen molar-refractivity contribution in [3.63, 3.8) is 0 Å². The summed E-state index contributed by atoms with van der Waals surface area (Å²) in [5, 5.41) is 7.02. The van der Waals surface area contributed by atoms with Gasteiger partial charge in [-0.2, -0.15) is 0 Å². The number of hydrogen-bond acceptors (Lipinski definition) is 4. The molecule has 1 atom stereocenters. The Hall–Kier alpha value is -0.940. The minimum atomic E-state index is -0.0254. The molecule has 0 saturated carbocycles. The van der Waals surface area contributed by atoms with E-state index in [9.17, 15) is 4.79 Å². The third kappa shape index (κ3) is 3.78. The van der Waals surface area contributed by atoms with Gasteiger partial charge in [0.05, 0.1) is 10.7 Å². The third-order valence-electron chi connectivity index (χ3n) is 2.71. The van der Waals surface area contributed by atoms with Gasteiger partial charge in [-0.3, -0.25) is 4.79 Å². The van der Waals surface area contributed by atoms with Crippen LogP contribution < -0.4 is 10.6 Å². The molecular weight excluding hydrogens is 246 g/mol. The Kier molecular flexibility index (Phi) is 4.87. The largest absolute Gasteiger partial charge is 0.350 e. The minimum Gasteiger partial charge on any atom is -0.350 e. The van der Waals surface area contributed by atoms with Crippen LogP contribution in [-0.4, -0.2) is 30.5 Å². The Bertz CT molecular complexity index is 420. The first kappa shape index (κ1) is 15.1. The van der Waals surface area contributed by atoms with Crippen LogP contribution in [0.25, 0.3) is 0 Å². The number of amides is 1. The van der Waals surface area contributed by atoms with Gasteiger partial charge in [-0.15, -0.1) is 11.3 Å². The molecule has 0 saturated heterocycles. The molecular formula is C13H23N3OS. The highest BCUT2D eigenvalue weighted by Crippen LogP contribution is 2.28. The number of hydrogen-bond donors (Lipinski definition) is 2. The van der Waals surface area contributed by atoms with Crippen molar-refractivity contribution < 1.29 is 4.79 Å². The molecule has 0 spiro atoms. The zero-order valence-electron chi connectivity index (χ0n) is 12.0. The number of aromatic nitrogens is 1. The van der Waals surface area contributed by atoms with E-state index in [1.165, 1.54) is 11.3 Å². The van der Waals surface area contributed by atoms with Crippen LogP contribution in [0.15, 0.2) is 0 Å². The Morgan fingerprint density at radius 3 is 2.50 bits per heavy atom. The van der Waals surface area contributed by atoms with Crippen molar-refractivity contribution in [2.45, 2.75) is 46.1 Å². The summed E-state index contributed by atoms with van der Waals surface area (Å²) >= 11 is 1.49. The molecule has 1 aromatic rings. The van der Waals surface area contributed by atoms with Gasteiger partial charge in [-0.05, 0) is 20.9 Å². The molecule has 0 radical (unpaired) electrons. The van der Waals surface area contributed by atoms with Crippen molar-refractivity contribution >= 4 is 17.2 Å². The van der Waals surface area contributed by atoms with Crippen LogP contribution >= 0.6 is 11.3 Å². The summed E-state index contributed by atoms with van der Waals surface area (Å²) in [6, 6.07) is 0.268. The van der Waals surface area contributed by atoms with Gasteiger partial charge in [-0.25, -0.2) is 4.98 Å². The Labute approximate surface area is 113 Å². The van der Waals surface area contributed by atoms with E-state index in [0.29, 0.717) is 6.54 Å². The molecule has 102 valence electrons. The second kappa shape index (κ2) is 5.80. The summed E-state index contributed by atoms with van der Waals surface area (Å²) < 4.78 is 0. The first-order valence-corrected chi connectivity index (χ1v) is 7.00. The topological polar surface area (TPSA) is 54.0 Å². The molecule has 0 aromatic carbocycles. The molecule has 1 aromatic heterocycles. The molecule has 4 nitrogen and oxygen atoms in total. The lowest BCUT2D eigenvalue weighted by Gasteiger charge is -2.13. The van der Waals surface area contributed by atoms with Gasteiger partial charge in [0.1, 0.15) is 4.88 Å². The second-order valence-corrected chi connectivity index (χ2v) is 6.58. The van der Waals surface area contributed by atoms with Crippen LogP contribution in [0, 0.1) is 6.92 Å². The Morgan fingerprint density at radius 1 is 1.44 bits per heavy atom. The van der Waals surface area contributed by atoms with E-state index in [4.69, 9.17) is 0 Å². The highest BCUT2D eigenvalue weighted by Gasteiger charge is 2.22. The predicted molar refractivity (Wildman–Crippen MR) is 76.4 cm³/mol. The maximum atomic E-state index is 12.1. The summed E-state index contributed by atoms with van der Waals surface area (Å²) in [4.78, 5) is 17.3. The standard InChI is InChI=1S/C13H23N3OS/c1-8(14-6)7-15-11(17)10-9(2)16-12(18-10)13(3,4)5/h8,14H,7H2,1-6H3,(H,15,17). The number of aryl methyl sites for hydroxylation is 1. The van der Waals surface area contributed by atoms with Crippen molar-refractivity contribution in [1.29, 1.82) is 0 Å². The van der Waals surface area contributed by atoms with Gasteiger partial charge < -0.3 is 10.6 Å². The highest BCUT2D eigenvalue weighted by molar-refractivity contribution is 7.14. The highest BCUT2D eigenvalue weighted by atomic mass is 32.1. The normalized spacial score (nSPS) is 13.4. The lowest BCUT2D eigenvalue weighted by atomic mass is 9.98. The molecule has 0 fully saturated rings. The number of rotatable bonds is 4. The zero-order chi connectivity index (χ0) is 13.9. The van der Waals surface area contributed by atoms with Crippen molar-refractivity contribution in [3.8, 4) is 0 Å². The fourth-order valence-corrected chi connectivity index (χ4v) is 2.40. The molecule has 18 heavy (non-hydrogen) atoms. The van der Waals surface area contributed by atoms with Crippen LogP contribution in [0.4, 0.5) is 0 Å². The summed E-state index contributed by atoms with van der Waals surface area (Å²) in [5.41, 5.74) is 0.811. The first-order chi connectivity index (χ1) is 8.25. The van der Waals surface area contributed by atoms with E-state index in [1.807, 2.05) is 20.9 Å². The van der Waals surface area contributed by atoms with E-state index in [0.717, 1.165) is 15.6 Å². The number of nitrogens with zero attached hydrogens (tertiary/aromatic N) is 1. The maximum Gasteiger partial charge on any atom is 0.263 e. The fourth-order valence-electron chi connectivity index (χ4n) is 1.36. The summed E-state index contributed by atoms with van der Waals surface area (Å²) in [6.45, 7) is 10.9. The average molecular weight is 269 g/mol. The number of likely N-dealkylation sites (N-methyl/N-ethyl adjacent to an activating group) is 1. The van der Waals surface area contributed by atoms with E-state index >= 15 is 0 Å². The zero-order valence-corrected chi connectivity index (χ0v) is 12.9. The van der Waals surface area contributed by atoms with Crippen molar-refractivity contribution in [1.82, 2.24) is 15.6 Å². The molecule has 0 aliphatic rings. The smallest absolute Gasteiger partial charge is 0.263 e. The van der Waals surface area contributed by atoms with Crippen LogP contribution in [0.2, 0.25) is 0 Å². The molecule has 1 unspecified atom stereocenters. The van der Waals surface area contributed by atoms with Crippen molar-refractivity contribution in [2.24, 2.45) is 0 Å². The molecule has 1 heterocycles. The lowest BCUT2D eigenvalue weighted by Crippen LogP contribution is -2.37. The first-order valence-electron chi connectivity index (χ1n) is 6.19. The maximum absolute atomic E-state index is 12.1. The van der Waals surface area contributed by atoms with Gasteiger partial charge in [0.15, 0.2) is 0 Å². The Balaban J connectivity index is 2.78. The van der Waals surface area contributed by atoms with E-state index in [-0.39, 0.29) is 17.4 Å². The van der Waals surface area contributed by atoms with E-state index in [2.05, 4.69) is 36.4 Å². The lowest BCUT2D eigenvalue weighted by molar-refractivity contribution is 0.0954. The summed E-state index contributed by atoms with van der Waals surface area (Å²) in [6.07, 6.45) is 0. The number of carbonyl (C=O) groups is 1. The number of carbonyl (C=O) groups excluding carboxylic acids is 1. The second-order valence-electron chi connectivity index (χ2n) is 5.58. The summed E-state index contributed by atoms with van der Waals surface area (Å²) in [7, 11) is 1.88. The predicted octanol–water partition coefficient (Wildman–Crippen LogP) is 2.09. The van der Waals surface area contributed by atoms with E-state index in [1.54, 1.807) is 0 Å². The third-order valence-corrected chi connectivity index (χ3v) is 4.29. The quantitative estimate of drug-likeness (QED) is 0.880. The van der Waals surface area contributed by atoms with Crippen LogP contribution in [-0.2, 0) is 5.41 Å². The van der Waals surface area contributed by atoms with Gasteiger partial charge in [0, 0.05) is 18.0 Å². The van der Waals surface area contributed by atoms with Crippen molar-refractivity contribution in [3.05, 3.63) is 15.6 Å². The monoisotopic (exact) mass is 269 g/mol. The van der Waals surface area contributed by atoms with Gasteiger partial charge in [0.2, 0.25) is 0 Å². The SMILES string of the molecule is CNC(C)CNC(=O)c1sc(C(C)(C)C)nc1C. The van der Waals surface area contributed by atoms with E-state index < -0.39 is 0 Å². The molecule has 0 aliphatic carbocycles. The van der Waals surface area contributed by atoms with Crippen LogP contribution in [0.5, 0.6) is 0 Å². The van der Waals surface area contributed by atoms with Crippen molar-refractivity contribution in [2.75, 3.05) is 13.6 Å². The van der Waals surface area contributed by atoms with Gasteiger partial charge in [-0.1, -0.05) is 20.8 Å². The molecule has 0 aliphatic heterocycles. The Morgan fingerprint density at radius 2 is 2.06 bits per heavy atom. The average Bonchev–Trinajstić information content (AvgIpc) is 2.67. The molecule has 5 heteroatoms. The summed E-state index contributed by atoms with van der Waals surface area (Å²) in [5.74, 6) is -0.0254. The molecule has 0 bridgehead atoms. The fraction of sp³-hybridized carbons (Fsp3) is 0.692. The van der Waals surface area contributed by atoms with Crippen LogP contribution in [0.3, 0.4) is 0 Å².